The summed E-state index contributed by atoms with van der Waals surface area (Å²) >= 11 is 0. The fraction of sp³-hybridized carbons (Fsp3) is 0.250. The van der Waals surface area contributed by atoms with Crippen molar-refractivity contribution >= 4 is 22.0 Å². The van der Waals surface area contributed by atoms with Crippen molar-refractivity contribution in [2.75, 3.05) is 4.72 Å². The van der Waals surface area contributed by atoms with E-state index >= 15 is 0 Å². The quantitative estimate of drug-likeness (QED) is 0.856. The van der Waals surface area contributed by atoms with Gasteiger partial charge in [-0.1, -0.05) is 18.1 Å². The lowest BCUT2D eigenvalue weighted by Crippen LogP contribution is -2.16. The highest BCUT2D eigenvalue weighted by Gasteiger charge is 2.22. The lowest BCUT2D eigenvalue weighted by molar-refractivity contribution is 0.0696. The molecule has 0 aliphatic heterocycles. The van der Waals surface area contributed by atoms with Crippen LogP contribution in [0.4, 0.5) is 6.01 Å². The van der Waals surface area contributed by atoms with Gasteiger partial charge in [0.1, 0.15) is 0 Å². The summed E-state index contributed by atoms with van der Waals surface area (Å²) in [5.41, 5.74) is 0.373. The molecule has 112 valence electrons. The average molecular weight is 311 g/mol. The van der Waals surface area contributed by atoms with Crippen molar-refractivity contribution < 1.29 is 22.8 Å². The number of hydrogen-bond acceptors (Lipinski definition) is 6. The van der Waals surface area contributed by atoms with Crippen molar-refractivity contribution in [1.82, 2.24) is 10.1 Å². The van der Waals surface area contributed by atoms with E-state index in [4.69, 9.17) is 9.63 Å². The summed E-state index contributed by atoms with van der Waals surface area (Å²) in [6.45, 7) is 3.31. The van der Waals surface area contributed by atoms with E-state index in [0.717, 1.165) is 6.07 Å². The molecule has 0 fully saturated rings. The fourth-order valence-corrected chi connectivity index (χ4v) is 3.00. The van der Waals surface area contributed by atoms with E-state index in [1.165, 1.54) is 12.1 Å². The molecule has 0 aliphatic carbocycles. The number of carboxylic acid groups (broad SMARTS) is 1. The minimum absolute atomic E-state index is 0.116. The van der Waals surface area contributed by atoms with Crippen LogP contribution in [0.1, 0.15) is 28.7 Å². The van der Waals surface area contributed by atoms with Crippen LogP contribution in [0, 0.1) is 6.92 Å². The molecule has 0 atom stereocenters. The molecule has 2 N–H and O–H groups in total. The van der Waals surface area contributed by atoms with E-state index < -0.39 is 16.0 Å². The second-order valence-electron chi connectivity index (χ2n) is 4.23. The molecule has 1 heterocycles. The Kier molecular flexibility index (Phi) is 3.94. The van der Waals surface area contributed by atoms with E-state index in [0.29, 0.717) is 12.0 Å². The number of sulfonamides is 1. The van der Waals surface area contributed by atoms with Gasteiger partial charge in [-0.05, 0) is 31.0 Å². The minimum atomic E-state index is -4.01. The maximum Gasteiger partial charge on any atom is 0.335 e. The molecule has 0 bridgehead atoms. The summed E-state index contributed by atoms with van der Waals surface area (Å²) in [7, 11) is -4.01. The minimum Gasteiger partial charge on any atom is -0.478 e. The molecule has 2 aromatic rings. The number of anilines is 1. The van der Waals surface area contributed by atoms with Crippen molar-refractivity contribution in [2.24, 2.45) is 0 Å². The Balaban J connectivity index is 2.47. The van der Waals surface area contributed by atoms with E-state index in [1.807, 2.05) is 0 Å². The zero-order chi connectivity index (χ0) is 15.6. The van der Waals surface area contributed by atoms with Crippen LogP contribution < -0.4 is 4.72 Å². The van der Waals surface area contributed by atoms with Crippen molar-refractivity contribution in [3.05, 3.63) is 35.2 Å². The first-order valence-electron chi connectivity index (χ1n) is 6.03. The Bertz CT molecular complexity index is 782. The summed E-state index contributed by atoms with van der Waals surface area (Å²) in [6, 6.07) is 3.66. The van der Waals surface area contributed by atoms with Gasteiger partial charge in [-0.2, -0.15) is 4.98 Å². The summed E-state index contributed by atoms with van der Waals surface area (Å²) < 4.78 is 31.5. The number of rotatable bonds is 5. The van der Waals surface area contributed by atoms with Gasteiger partial charge in [0, 0.05) is 0 Å². The monoisotopic (exact) mass is 311 g/mol. The second kappa shape index (κ2) is 5.52. The molecular weight excluding hydrogens is 298 g/mol. The van der Waals surface area contributed by atoms with Crippen LogP contribution in [0.2, 0.25) is 0 Å². The largest absolute Gasteiger partial charge is 0.478 e. The highest BCUT2D eigenvalue weighted by molar-refractivity contribution is 7.92. The SMILES string of the molecule is CCc1ccc(C(=O)O)cc1S(=O)(=O)Nc1nc(C)no1. The third-order valence-electron chi connectivity index (χ3n) is 2.73. The number of aryl methyl sites for hydroxylation is 2. The number of nitrogens with one attached hydrogen (secondary N) is 1. The fourth-order valence-electron chi connectivity index (χ4n) is 1.74. The highest BCUT2D eigenvalue weighted by Crippen LogP contribution is 2.21. The molecular formula is C12H13N3O5S. The van der Waals surface area contributed by atoms with Crippen LogP contribution in [0.5, 0.6) is 0 Å². The van der Waals surface area contributed by atoms with Crippen molar-refractivity contribution in [2.45, 2.75) is 25.2 Å². The molecule has 0 saturated heterocycles. The predicted octanol–water partition coefficient (Wildman–Crippen LogP) is 1.44. The molecule has 0 radical (unpaired) electrons. The van der Waals surface area contributed by atoms with Crippen molar-refractivity contribution in [3.63, 3.8) is 0 Å². The number of nitrogens with zero attached hydrogens (tertiary/aromatic N) is 2. The van der Waals surface area contributed by atoms with Crippen LogP contribution in [0.3, 0.4) is 0 Å². The summed E-state index contributed by atoms with van der Waals surface area (Å²) in [5, 5.41) is 12.5. The average Bonchev–Trinajstić information content (AvgIpc) is 2.82. The molecule has 0 amide bonds. The zero-order valence-electron chi connectivity index (χ0n) is 11.3. The van der Waals surface area contributed by atoms with E-state index in [2.05, 4.69) is 14.9 Å². The van der Waals surface area contributed by atoms with Gasteiger partial charge in [-0.25, -0.2) is 17.9 Å². The van der Waals surface area contributed by atoms with Gasteiger partial charge in [0.2, 0.25) is 0 Å². The zero-order valence-corrected chi connectivity index (χ0v) is 12.1. The third kappa shape index (κ3) is 3.19. The smallest absolute Gasteiger partial charge is 0.335 e. The summed E-state index contributed by atoms with van der Waals surface area (Å²) in [6.07, 6.45) is 0.430. The molecule has 0 aliphatic rings. The molecule has 21 heavy (non-hydrogen) atoms. The Hall–Kier alpha value is -2.42. The van der Waals surface area contributed by atoms with Gasteiger partial charge in [0.25, 0.3) is 10.0 Å². The van der Waals surface area contributed by atoms with Gasteiger partial charge in [0.05, 0.1) is 10.5 Å². The first-order valence-corrected chi connectivity index (χ1v) is 7.51. The van der Waals surface area contributed by atoms with Gasteiger partial charge in [0.15, 0.2) is 5.82 Å². The molecule has 0 spiro atoms. The molecule has 2 rings (SSSR count). The van der Waals surface area contributed by atoms with Gasteiger partial charge in [-0.15, -0.1) is 0 Å². The second-order valence-corrected chi connectivity index (χ2v) is 5.88. The number of aromatic nitrogens is 2. The Morgan fingerprint density at radius 2 is 2.14 bits per heavy atom. The van der Waals surface area contributed by atoms with Crippen LogP contribution in [0.25, 0.3) is 0 Å². The molecule has 0 unspecified atom stereocenters. The topological polar surface area (TPSA) is 122 Å². The summed E-state index contributed by atoms with van der Waals surface area (Å²) in [5.74, 6) is -0.926. The maximum atomic E-state index is 12.3. The van der Waals surface area contributed by atoms with Crippen molar-refractivity contribution in [1.29, 1.82) is 0 Å². The molecule has 9 heteroatoms. The molecule has 0 saturated carbocycles. The van der Waals surface area contributed by atoms with Crippen LogP contribution in [0.15, 0.2) is 27.6 Å². The Morgan fingerprint density at radius 1 is 1.43 bits per heavy atom. The number of carbonyl (C=O) groups is 1. The maximum absolute atomic E-state index is 12.3. The van der Waals surface area contributed by atoms with Gasteiger partial charge in [-0.3, -0.25) is 0 Å². The third-order valence-corrected chi connectivity index (χ3v) is 4.14. The van der Waals surface area contributed by atoms with Gasteiger partial charge >= 0.3 is 12.0 Å². The molecule has 8 nitrogen and oxygen atoms in total. The lowest BCUT2D eigenvalue weighted by atomic mass is 10.1. The first-order chi connectivity index (χ1) is 9.83. The first kappa shape index (κ1) is 15.0. The van der Waals surface area contributed by atoms with Crippen LogP contribution in [-0.4, -0.2) is 29.6 Å². The van der Waals surface area contributed by atoms with E-state index in [-0.39, 0.29) is 22.3 Å². The highest BCUT2D eigenvalue weighted by atomic mass is 32.2. The number of carboxylic acids is 1. The van der Waals surface area contributed by atoms with Gasteiger partial charge < -0.3 is 9.63 Å². The van der Waals surface area contributed by atoms with Crippen LogP contribution in [-0.2, 0) is 16.4 Å². The lowest BCUT2D eigenvalue weighted by Gasteiger charge is -2.09. The number of aromatic carboxylic acids is 1. The summed E-state index contributed by atoms with van der Waals surface area (Å²) in [4.78, 5) is 14.6. The normalized spacial score (nSPS) is 11.3. The van der Waals surface area contributed by atoms with Crippen molar-refractivity contribution in [3.8, 4) is 0 Å². The Labute approximate surface area is 120 Å². The predicted molar refractivity (Wildman–Crippen MR) is 72.6 cm³/mol. The number of hydrogen-bond donors (Lipinski definition) is 2. The molecule has 1 aromatic carbocycles. The molecule has 1 aromatic heterocycles. The van der Waals surface area contributed by atoms with E-state index in [9.17, 15) is 13.2 Å². The van der Waals surface area contributed by atoms with E-state index in [1.54, 1.807) is 13.8 Å². The number of benzene rings is 1. The van der Waals surface area contributed by atoms with Crippen LogP contribution >= 0.6 is 0 Å². The Morgan fingerprint density at radius 3 is 2.67 bits per heavy atom. The standard InChI is InChI=1S/C12H13N3O5S/c1-3-8-4-5-9(11(16)17)6-10(8)21(18,19)15-12-13-7(2)14-20-12/h4-6H,3H2,1-2H3,(H,16,17)(H,13,14,15).